The van der Waals surface area contributed by atoms with Crippen LogP contribution in [0.2, 0.25) is 0 Å². The lowest BCUT2D eigenvalue weighted by atomic mass is 10.2. The van der Waals surface area contributed by atoms with Crippen molar-refractivity contribution >= 4 is 11.9 Å². The number of ether oxygens (including phenoxy) is 2. The van der Waals surface area contributed by atoms with Crippen LogP contribution in [0.4, 0.5) is 0 Å². The first-order chi connectivity index (χ1) is 9.47. The van der Waals surface area contributed by atoms with Crippen molar-refractivity contribution in [3.05, 3.63) is 0 Å². The van der Waals surface area contributed by atoms with Crippen molar-refractivity contribution in [3.63, 3.8) is 0 Å². The van der Waals surface area contributed by atoms with Gasteiger partial charge in [-0.3, -0.25) is 9.59 Å². The third kappa shape index (κ3) is 19.2. The fraction of sp³-hybridized carbons (Fsp3) is 0.857. The normalized spacial score (nSPS) is 9.70. The van der Waals surface area contributed by atoms with Crippen LogP contribution in [0, 0.1) is 0 Å². The molecule has 6 nitrogen and oxygen atoms in total. The molecule has 0 heterocycles. The Labute approximate surface area is 121 Å². The van der Waals surface area contributed by atoms with Gasteiger partial charge in [-0.15, -0.1) is 0 Å². The Kier molecular flexibility index (Phi) is 16.8. The Morgan fingerprint density at radius 3 is 1.65 bits per heavy atom. The van der Waals surface area contributed by atoms with Gasteiger partial charge in [-0.05, 0) is 25.7 Å². The first kappa shape index (κ1) is 21.2. The van der Waals surface area contributed by atoms with E-state index in [9.17, 15) is 9.59 Å². The smallest absolute Gasteiger partial charge is 0.305 e. The van der Waals surface area contributed by atoms with Crippen molar-refractivity contribution in [1.82, 2.24) is 0 Å². The highest BCUT2D eigenvalue weighted by molar-refractivity contribution is 5.70. The van der Waals surface area contributed by atoms with Crippen LogP contribution in [-0.2, 0) is 19.1 Å². The summed E-state index contributed by atoms with van der Waals surface area (Å²) in [5.74, 6) is -0.472. The number of aliphatic hydroxyl groups is 2. The van der Waals surface area contributed by atoms with E-state index in [4.69, 9.17) is 10.2 Å². The van der Waals surface area contributed by atoms with E-state index in [2.05, 4.69) is 16.4 Å². The molecule has 0 radical (unpaired) electrons. The van der Waals surface area contributed by atoms with Gasteiger partial charge in [-0.1, -0.05) is 19.8 Å². The third-order valence-corrected chi connectivity index (χ3v) is 2.53. The Morgan fingerprint density at radius 2 is 1.35 bits per heavy atom. The van der Waals surface area contributed by atoms with Gasteiger partial charge in [0.05, 0.1) is 14.2 Å². The fourth-order valence-electron chi connectivity index (χ4n) is 1.32. The lowest BCUT2D eigenvalue weighted by molar-refractivity contribution is -0.142. The Bertz CT molecular complexity index is 222. The SMILES string of the molecule is CCCCCC(O)O.COC(=O)CCCCC(=O)OC. The summed E-state index contributed by atoms with van der Waals surface area (Å²) in [6, 6.07) is 0. The first-order valence-corrected chi connectivity index (χ1v) is 6.97. The van der Waals surface area contributed by atoms with Gasteiger partial charge in [0.1, 0.15) is 0 Å². The maximum Gasteiger partial charge on any atom is 0.305 e. The van der Waals surface area contributed by atoms with E-state index in [0.717, 1.165) is 19.3 Å². The van der Waals surface area contributed by atoms with Crippen LogP contribution >= 0.6 is 0 Å². The highest BCUT2D eigenvalue weighted by Crippen LogP contribution is 2.01. The average molecular weight is 292 g/mol. The van der Waals surface area contributed by atoms with Crippen LogP contribution in [0.3, 0.4) is 0 Å². The van der Waals surface area contributed by atoms with Crippen LogP contribution in [0.1, 0.15) is 58.3 Å². The van der Waals surface area contributed by atoms with Crippen LogP contribution < -0.4 is 0 Å². The highest BCUT2D eigenvalue weighted by atomic mass is 16.5. The number of rotatable bonds is 9. The molecule has 2 N–H and O–H groups in total. The Morgan fingerprint density at radius 1 is 0.900 bits per heavy atom. The zero-order valence-electron chi connectivity index (χ0n) is 12.8. The molecule has 0 bridgehead atoms. The number of carbonyl (C=O) groups excluding carboxylic acids is 2. The van der Waals surface area contributed by atoms with E-state index in [1.807, 2.05) is 0 Å². The Balaban J connectivity index is 0. The van der Waals surface area contributed by atoms with Crippen LogP contribution in [0.15, 0.2) is 0 Å². The van der Waals surface area contributed by atoms with Gasteiger partial charge >= 0.3 is 11.9 Å². The molecular weight excluding hydrogens is 264 g/mol. The van der Waals surface area contributed by atoms with Crippen molar-refractivity contribution in [2.75, 3.05) is 14.2 Å². The fourth-order valence-corrected chi connectivity index (χ4v) is 1.32. The summed E-state index contributed by atoms with van der Waals surface area (Å²) in [5.41, 5.74) is 0. The summed E-state index contributed by atoms with van der Waals surface area (Å²) < 4.78 is 8.86. The largest absolute Gasteiger partial charge is 0.469 e. The monoisotopic (exact) mass is 292 g/mol. The van der Waals surface area contributed by atoms with Gasteiger partial charge in [0.2, 0.25) is 0 Å². The number of hydrogen-bond donors (Lipinski definition) is 2. The minimum absolute atomic E-state index is 0.236. The summed E-state index contributed by atoms with van der Waals surface area (Å²) >= 11 is 0. The second-order valence-corrected chi connectivity index (χ2v) is 4.34. The molecule has 6 heteroatoms. The molecule has 0 aliphatic rings. The van der Waals surface area contributed by atoms with Gasteiger partial charge in [0.15, 0.2) is 6.29 Å². The molecule has 0 aromatic carbocycles. The number of aliphatic hydroxyl groups excluding tert-OH is 1. The van der Waals surface area contributed by atoms with E-state index in [-0.39, 0.29) is 11.9 Å². The van der Waals surface area contributed by atoms with E-state index in [0.29, 0.717) is 32.1 Å². The molecule has 0 fully saturated rings. The van der Waals surface area contributed by atoms with Crippen molar-refractivity contribution in [2.45, 2.75) is 64.6 Å². The minimum atomic E-state index is -1.10. The molecule has 0 amide bonds. The highest BCUT2D eigenvalue weighted by Gasteiger charge is 2.02. The maximum absolute atomic E-state index is 10.6. The predicted molar refractivity (Wildman–Crippen MR) is 74.9 cm³/mol. The topological polar surface area (TPSA) is 93.1 Å². The predicted octanol–water partition coefficient (Wildman–Crippen LogP) is 1.77. The molecule has 0 aromatic heterocycles. The van der Waals surface area contributed by atoms with Gasteiger partial charge in [-0.25, -0.2) is 0 Å². The Hall–Kier alpha value is -1.14. The van der Waals surface area contributed by atoms with Crippen LogP contribution in [0.25, 0.3) is 0 Å². The number of carbonyl (C=O) groups is 2. The average Bonchev–Trinajstić information content (AvgIpc) is 2.43. The summed E-state index contributed by atoms with van der Waals surface area (Å²) in [6.07, 6.45) is 4.65. The molecule has 0 atom stereocenters. The van der Waals surface area contributed by atoms with Gasteiger partial charge < -0.3 is 19.7 Å². The number of esters is 2. The van der Waals surface area contributed by atoms with Crippen molar-refractivity contribution < 1.29 is 29.3 Å². The third-order valence-electron chi connectivity index (χ3n) is 2.53. The van der Waals surface area contributed by atoms with E-state index < -0.39 is 6.29 Å². The molecule has 0 aromatic rings. The number of hydrogen-bond acceptors (Lipinski definition) is 6. The summed E-state index contributed by atoms with van der Waals surface area (Å²) in [7, 11) is 2.70. The second kappa shape index (κ2) is 15.9. The molecule has 0 saturated heterocycles. The van der Waals surface area contributed by atoms with Crippen molar-refractivity contribution in [1.29, 1.82) is 0 Å². The van der Waals surface area contributed by atoms with Crippen molar-refractivity contribution in [3.8, 4) is 0 Å². The molecule has 0 aliphatic carbocycles. The maximum atomic E-state index is 10.6. The van der Waals surface area contributed by atoms with Gasteiger partial charge in [-0.2, -0.15) is 0 Å². The molecular formula is C14H28O6. The van der Waals surface area contributed by atoms with Gasteiger partial charge in [0.25, 0.3) is 0 Å². The lowest BCUT2D eigenvalue weighted by Gasteiger charge is -1.99. The van der Waals surface area contributed by atoms with Crippen LogP contribution in [0.5, 0.6) is 0 Å². The quantitative estimate of drug-likeness (QED) is 0.382. The summed E-state index contributed by atoms with van der Waals surface area (Å²) in [5, 5.41) is 16.7. The minimum Gasteiger partial charge on any atom is -0.469 e. The zero-order valence-corrected chi connectivity index (χ0v) is 12.8. The second-order valence-electron chi connectivity index (χ2n) is 4.34. The zero-order chi connectivity index (χ0) is 15.8. The molecule has 0 aliphatic heterocycles. The van der Waals surface area contributed by atoms with Crippen molar-refractivity contribution in [2.24, 2.45) is 0 Å². The molecule has 0 saturated carbocycles. The first-order valence-electron chi connectivity index (χ1n) is 6.97. The molecule has 20 heavy (non-hydrogen) atoms. The summed E-state index contributed by atoms with van der Waals surface area (Å²) in [6.45, 7) is 2.09. The summed E-state index contributed by atoms with van der Waals surface area (Å²) in [4.78, 5) is 21.2. The number of methoxy groups -OCH3 is 2. The number of unbranched alkanes of at least 4 members (excludes halogenated alkanes) is 3. The standard InChI is InChI=1S/C8H14O4.C6H14O2/c1-11-7(9)5-3-4-6-8(10)12-2;1-2-3-4-5-6(7)8/h3-6H2,1-2H3;6-8H,2-5H2,1H3. The molecule has 0 spiro atoms. The molecule has 0 unspecified atom stereocenters. The van der Waals surface area contributed by atoms with E-state index >= 15 is 0 Å². The van der Waals surface area contributed by atoms with E-state index in [1.165, 1.54) is 14.2 Å². The molecule has 120 valence electrons. The van der Waals surface area contributed by atoms with Gasteiger partial charge in [0, 0.05) is 12.8 Å². The van der Waals surface area contributed by atoms with Crippen LogP contribution in [-0.4, -0.2) is 42.7 Å². The lowest BCUT2D eigenvalue weighted by Crippen LogP contribution is -2.02. The molecule has 0 rings (SSSR count). The van der Waals surface area contributed by atoms with E-state index in [1.54, 1.807) is 0 Å².